The first-order chi connectivity index (χ1) is 18.6. The van der Waals surface area contributed by atoms with Crippen LogP contribution in [-0.2, 0) is 26.2 Å². The molecule has 0 saturated heterocycles. The molecule has 0 aliphatic carbocycles. The van der Waals surface area contributed by atoms with Gasteiger partial charge < -0.3 is 19.7 Å². The summed E-state index contributed by atoms with van der Waals surface area (Å²) in [6.07, 6.45) is 0. The van der Waals surface area contributed by atoms with Crippen LogP contribution < -0.4 is 19.1 Å². The van der Waals surface area contributed by atoms with Crippen molar-refractivity contribution in [2.24, 2.45) is 0 Å². The number of hydrogen-bond acceptors (Lipinski definition) is 6. The Labute approximate surface area is 230 Å². The normalized spacial score (nSPS) is 11.8. The lowest BCUT2D eigenvalue weighted by Crippen LogP contribution is -2.51. The second kappa shape index (κ2) is 13.1. The molecule has 0 radical (unpaired) electrons. The fourth-order valence-corrected chi connectivity index (χ4v) is 5.53. The summed E-state index contributed by atoms with van der Waals surface area (Å²) in [4.78, 5) is 28.0. The highest BCUT2D eigenvalue weighted by atomic mass is 32.2. The second-order valence-corrected chi connectivity index (χ2v) is 10.7. The van der Waals surface area contributed by atoms with E-state index in [1.807, 2.05) is 31.2 Å². The minimum atomic E-state index is -4.23. The molecule has 10 heteroatoms. The molecule has 1 atom stereocenters. The Morgan fingerprint density at radius 2 is 1.56 bits per heavy atom. The molecule has 1 N–H and O–H groups in total. The number of rotatable bonds is 12. The summed E-state index contributed by atoms with van der Waals surface area (Å²) < 4.78 is 39.5. The van der Waals surface area contributed by atoms with Crippen molar-refractivity contribution in [3.63, 3.8) is 0 Å². The van der Waals surface area contributed by atoms with Gasteiger partial charge >= 0.3 is 0 Å². The van der Waals surface area contributed by atoms with Gasteiger partial charge in [-0.2, -0.15) is 0 Å². The molecule has 0 aromatic heterocycles. The maximum Gasteiger partial charge on any atom is 0.264 e. The van der Waals surface area contributed by atoms with E-state index >= 15 is 0 Å². The van der Waals surface area contributed by atoms with Crippen molar-refractivity contribution in [2.45, 2.75) is 38.3 Å². The Bertz CT molecular complexity index is 1400. The number of carbonyl (C=O) groups excluding carboxylic acids is 2. The Morgan fingerprint density at radius 1 is 0.923 bits per heavy atom. The lowest BCUT2D eigenvalue weighted by molar-refractivity contribution is -0.139. The summed E-state index contributed by atoms with van der Waals surface area (Å²) in [5, 5.41) is 2.76. The van der Waals surface area contributed by atoms with Gasteiger partial charge in [-0.05, 0) is 56.2 Å². The first kappa shape index (κ1) is 29.5. The van der Waals surface area contributed by atoms with Crippen molar-refractivity contribution < 1.29 is 27.5 Å². The Hall–Kier alpha value is -4.05. The fourth-order valence-electron chi connectivity index (χ4n) is 4.10. The zero-order chi connectivity index (χ0) is 28.6. The summed E-state index contributed by atoms with van der Waals surface area (Å²) in [7, 11) is -1.35. The van der Waals surface area contributed by atoms with Gasteiger partial charge in [-0.3, -0.25) is 13.9 Å². The molecule has 0 bridgehead atoms. The van der Waals surface area contributed by atoms with Gasteiger partial charge in [-0.1, -0.05) is 42.5 Å². The third kappa shape index (κ3) is 6.88. The number of hydrogen-bond donors (Lipinski definition) is 1. The number of nitrogens with one attached hydrogen (secondary N) is 1. The standard InChI is InChI=1S/C29H35N3O6S/c1-6-30-29(34)22(3)31(19-23-13-11-10-12-21(23)2)28(33)20-32(24-14-8-7-9-15-24)39(35,36)25-16-17-26(37-4)27(18-25)38-5/h7-18,22H,6,19-20H2,1-5H3,(H,30,34)/t22-/m0/s1. The van der Waals surface area contributed by atoms with Crippen LogP contribution in [0.4, 0.5) is 5.69 Å². The van der Waals surface area contributed by atoms with Crippen molar-refractivity contribution in [3.8, 4) is 11.5 Å². The van der Waals surface area contributed by atoms with Gasteiger partial charge in [0.25, 0.3) is 10.0 Å². The maximum atomic E-state index is 14.0. The lowest BCUT2D eigenvalue weighted by atomic mass is 10.1. The van der Waals surface area contributed by atoms with Crippen LogP contribution in [0, 0.1) is 6.92 Å². The third-order valence-corrected chi connectivity index (χ3v) is 8.16. The van der Waals surface area contributed by atoms with E-state index < -0.39 is 28.5 Å². The quantitative estimate of drug-likeness (QED) is 0.366. The Morgan fingerprint density at radius 3 is 2.18 bits per heavy atom. The predicted molar refractivity (Wildman–Crippen MR) is 150 cm³/mol. The minimum Gasteiger partial charge on any atom is -0.493 e. The summed E-state index contributed by atoms with van der Waals surface area (Å²) in [5.41, 5.74) is 2.12. The average Bonchev–Trinajstić information content (AvgIpc) is 2.95. The lowest BCUT2D eigenvalue weighted by Gasteiger charge is -2.32. The molecule has 0 saturated carbocycles. The molecule has 3 aromatic rings. The molecule has 0 fully saturated rings. The van der Waals surface area contributed by atoms with Gasteiger partial charge in [0.05, 0.1) is 24.8 Å². The van der Waals surface area contributed by atoms with Crippen LogP contribution in [-0.4, -0.2) is 58.5 Å². The summed E-state index contributed by atoms with van der Waals surface area (Å²) >= 11 is 0. The van der Waals surface area contributed by atoms with E-state index in [9.17, 15) is 18.0 Å². The number of benzene rings is 3. The van der Waals surface area contributed by atoms with Gasteiger partial charge in [0.1, 0.15) is 12.6 Å². The van der Waals surface area contributed by atoms with Crippen molar-refractivity contribution in [1.82, 2.24) is 10.2 Å². The second-order valence-electron chi connectivity index (χ2n) is 8.88. The smallest absolute Gasteiger partial charge is 0.264 e. The van der Waals surface area contributed by atoms with Gasteiger partial charge in [0.15, 0.2) is 11.5 Å². The number of ether oxygens (including phenoxy) is 2. The maximum absolute atomic E-state index is 14.0. The van der Waals surface area contributed by atoms with Crippen molar-refractivity contribution in [3.05, 3.63) is 83.9 Å². The van der Waals surface area contributed by atoms with E-state index in [0.29, 0.717) is 18.0 Å². The number of anilines is 1. The van der Waals surface area contributed by atoms with E-state index in [2.05, 4.69) is 5.32 Å². The molecule has 0 aliphatic rings. The van der Waals surface area contributed by atoms with Crippen LogP contribution in [0.25, 0.3) is 0 Å². The number of methoxy groups -OCH3 is 2. The number of sulfonamides is 1. The van der Waals surface area contributed by atoms with Crippen molar-refractivity contribution >= 4 is 27.5 Å². The molecule has 0 spiro atoms. The van der Waals surface area contributed by atoms with Crippen LogP contribution >= 0.6 is 0 Å². The number of para-hydroxylation sites is 1. The number of aryl methyl sites for hydroxylation is 1. The van der Waals surface area contributed by atoms with Crippen molar-refractivity contribution in [1.29, 1.82) is 0 Å². The zero-order valence-electron chi connectivity index (χ0n) is 22.9. The number of nitrogens with zero attached hydrogens (tertiary/aromatic N) is 2. The predicted octanol–water partition coefficient (Wildman–Crippen LogP) is 3.76. The van der Waals surface area contributed by atoms with Crippen LogP contribution in [0.15, 0.2) is 77.7 Å². The number of likely N-dealkylation sites (N-methyl/N-ethyl adjacent to an activating group) is 1. The number of carbonyl (C=O) groups is 2. The van der Waals surface area contributed by atoms with E-state index in [0.717, 1.165) is 15.4 Å². The average molecular weight is 554 g/mol. The molecule has 9 nitrogen and oxygen atoms in total. The zero-order valence-corrected chi connectivity index (χ0v) is 23.7. The van der Waals surface area contributed by atoms with Gasteiger partial charge in [-0.25, -0.2) is 8.42 Å². The molecule has 3 rings (SSSR count). The molecule has 3 aromatic carbocycles. The fraction of sp³-hybridized carbons (Fsp3) is 0.310. The summed E-state index contributed by atoms with van der Waals surface area (Å²) in [6.45, 7) is 5.38. The molecule has 208 valence electrons. The summed E-state index contributed by atoms with van der Waals surface area (Å²) in [6, 6.07) is 19.4. The largest absolute Gasteiger partial charge is 0.493 e. The van der Waals surface area contributed by atoms with Gasteiger partial charge in [0, 0.05) is 19.2 Å². The first-order valence-corrected chi connectivity index (χ1v) is 14.0. The molecule has 2 amide bonds. The van der Waals surface area contributed by atoms with Crippen LogP contribution in [0.5, 0.6) is 11.5 Å². The van der Waals surface area contributed by atoms with Gasteiger partial charge in [-0.15, -0.1) is 0 Å². The highest BCUT2D eigenvalue weighted by Crippen LogP contribution is 2.32. The third-order valence-electron chi connectivity index (χ3n) is 6.39. The Balaban J connectivity index is 2.05. The van der Waals surface area contributed by atoms with Crippen LogP contribution in [0.1, 0.15) is 25.0 Å². The molecular weight excluding hydrogens is 518 g/mol. The highest BCUT2D eigenvalue weighted by Gasteiger charge is 2.33. The van der Waals surface area contributed by atoms with Crippen molar-refractivity contribution in [2.75, 3.05) is 31.6 Å². The monoisotopic (exact) mass is 553 g/mol. The molecule has 39 heavy (non-hydrogen) atoms. The van der Waals surface area contributed by atoms with E-state index in [1.165, 1.54) is 37.3 Å². The molecule has 0 unspecified atom stereocenters. The topological polar surface area (TPSA) is 105 Å². The van der Waals surface area contributed by atoms with Crippen LogP contribution in [0.2, 0.25) is 0 Å². The number of amides is 2. The minimum absolute atomic E-state index is 0.0703. The summed E-state index contributed by atoms with van der Waals surface area (Å²) in [5.74, 6) is -0.235. The Kier molecular flexibility index (Phi) is 9.95. The van der Waals surface area contributed by atoms with Gasteiger partial charge in [0.2, 0.25) is 11.8 Å². The van der Waals surface area contributed by atoms with E-state index in [4.69, 9.17) is 9.47 Å². The van der Waals surface area contributed by atoms with Crippen LogP contribution in [0.3, 0.4) is 0 Å². The van der Waals surface area contributed by atoms with E-state index in [1.54, 1.807) is 44.2 Å². The highest BCUT2D eigenvalue weighted by molar-refractivity contribution is 7.92. The molecule has 0 aliphatic heterocycles. The SMILES string of the molecule is CCNC(=O)[C@H](C)N(Cc1ccccc1C)C(=O)CN(c1ccccc1)S(=O)(=O)c1ccc(OC)c(OC)c1. The molecule has 0 heterocycles. The molecular formula is C29H35N3O6S. The van der Waals surface area contributed by atoms with E-state index in [-0.39, 0.29) is 23.1 Å². The first-order valence-electron chi connectivity index (χ1n) is 12.6.